The normalized spacial score (nSPS) is 9.50. The van der Waals surface area contributed by atoms with E-state index in [9.17, 15) is 4.79 Å². The zero-order valence-corrected chi connectivity index (χ0v) is 3.96. The monoisotopic (exact) mass is 115 g/mol. The van der Waals surface area contributed by atoms with Gasteiger partial charge in [0.05, 0.1) is 6.20 Å². The number of aromatic nitrogens is 2. The summed E-state index contributed by atoms with van der Waals surface area (Å²) < 4.78 is 0.384. The number of aromatic amines is 1. The predicted molar refractivity (Wildman–Crippen MR) is 26.6 cm³/mol. The Labute approximate surface area is 44.3 Å². The van der Waals surface area contributed by atoms with Crippen molar-refractivity contribution >= 4 is 5.82 Å². The lowest BCUT2D eigenvalue weighted by molar-refractivity contribution is 0.176. The molecule has 0 saturated heterocycles. The number of nitrogens with zero attached hydrogens (tertiary/aromatic N) is 1. The van der Waals surface area contributed by atoms with E-state index in [0.29, 0.717) is 4.73 Å². The second-order valence-corrected chi connectivity index (χ2v) is 1.36. The molecule has 1 heterocycles. The molecule has 0 atom stereocenters. The van der Waals surface area contributed by atoms with Gasteiger partial charge in [0.1, 0.15) is 5.82 Å². The second-order valence-electron chi connectivity index (χ2n) is 1.36. The highest BCUT2D eigenvalue weighted by Gasteiger charge is 1.92. The molecule has 1 aromatic heterocycles. The topological polar surface area (TPSA) is 84.0 Å². The molecule has 5 nitrogen and oxygen atoms in total. The molecule has 0 unspecified atom stereocenters. The Morgan fingerprint density at radius 2 is 2.50 bits per heavy atom. The quantitative estimate of drug-likeness (QED) is 0.379. The SMILES string of the molecule is Nc1cn(O)c(=O)[nH]1. The summed E-state index contributed by atoms with van der Waals surface area (Å²) in [5.41, 5.74) is 4.42. The Hall–Kier alpha value is -1.39. The van der Waals surface area contributed by atoms with E-state index in [1.165, 1.54) is 0 Å². The first-order chi connectivity index (χ1) is 3.70. The second kappa shape index (κ2) is 1.29. The van der Waals surface area contributed by atoms with Gasteiger partial charge >= 0.3 is 5.69 Å². The zero-order valence-electron chi connectivity index (χ0n) is 3.96. The van der Waals surface area contributed by atoms with Crippen LogP contribution < -0.4 is 11.4 Å². The lowest BCUT2D eigenvalue weighted by Crippen LogP contribution is -2.12. The molecule has 5 heteroatoms. The van der Waals surface area contributed by atoms with Crippen molar-refractivity contribution in [3.8, 4) is 0 Å². The molecule has 4 N–H and O–H groups in total. The molecular formula is C3H5N3O2. The van der Waals surface area contributed by atoms with Crippen LogP contribution in [0.15, 0.2) is 11.0 Å². The number of nitrogens with two attached hydrogens (primary N) is 1. The van der Waals surface area contributed by atoms with Crippen LogP contribution in [0, 0.1) is 0 Å². The van der Waals surface area contributed by atoms with Gasteiger partial charge in [0.25, 0.3) is 0 Å². The predicted octanol–water partition coefficient (Wildman–Crippen LogP) is -1.00. The van der Waals surface area contributed by atoms with Gasteiger partial charge in [0.15, 0.2) is 0 Å². The summed E-state index contributed by atoms with van der Waals surface area (Å²) in [6.45, 7) is 0. The van der Waals surface area contributed by atoms with E-state index in [0.717, 1.165) is 6.20 Å². The van der Waals surface area contributed by atoms with Gasteiger partial charge < -0.3 is 10.9 Å². The minimum Gasteiger partial charge on any atom is -0.424 e. The van der Waals surface area contributed by atoms with Crippen LogP contribution in [0.5, 0.6) is 0 Å². The molecule has 0 fully saturated rings. The molecule has 1 aromatic rings. The van der Waals surface area contributed by atoms with Gasteiger partial charge in [0.2, 0.25) is 0 Å². The number of hydrogen-bond donors (Lipinski definition) is 3. The highest BCUT2D eigenvalue weighted by molar-refractivity contribution is 5.21. The minimum atomic E-state index is -0.623. The lowest BCUT2D eigenvalue weighted by Gasteiger charge is -1.77. The number of imidazole rings is 1. The van der Waals surface area contributed by atoms with Crippen molar-refractivity contribution in [3.63, 3.8) is 0 Å². The Morgan fingerprint density at radius 1 is 1.88 bits per heavy atom. The number of hydrogen-bond acceptors (Lipinski definition) is 3. The van der Waals surface area contributed by atoms with E-state index < -0.39 is 5.69 Å². The first-order valence-electron chi connectivity index (χ1n) is 1.96. The first-order valence-corrected chi connectivity index (χ1v) is 1.96. The Balaban J connectivity index is 3.35. The summed E-state index contributed by atoms with van der Waals surface area (Å²) >= 11 is 0. The summed E-state index contributed by atoms with van der Waals surface area (Å²) in [5, 5.41) is 8.43. The number of H-pyrrole nitrogens is 1. The maximum atomic E-state index is 10.2. The molecule has 0 aromatic carbocycles. The molecule has 0 radical (unpaired) electrons. The molecule has 0 spiro atoms. The lowest BCUT2D eigenvalue weighted by atomic mass is 10.8. The molecule has 0 aliphatic carbocycles. The molecule has 0 aliphatic rings. The summed E-state index contributed by atoms with van der Waals surface area (Å²) in [4.78, 5) is 12.4. The van der Waals surface area contributed by atoms with Crippen LogP contribution in [0.1, 0.15) is 0 Å². The molecule has 0 amide bonds. The van der Waals surface area contributed by atoms with Gasteiger partial charge in [-0.2, -0.15) is 0 Å². The Morgan fingerprint density at radius 3 is 2.62 bits per heavy atom. The fourth-order valence-electron chi connectivity index (χ4n) is 0.403. The van der Waals surface area contributed by atoms with Crippen LogP contribution in [-0.4, -0.2) is 14.9 Å². The van der Waals surface area contributed by atoms with Crippen LogP contribution >= 0.6 is 0 Å². The molecule has 44 valence electrons. The molecule has 1 rings (SSSR count). The summed E-state index contributed by atoms with van der Waals surface area (Å²) in [6.07, 6.45) is 1.09. The zero-order chi connectivity index (χ0) is 6.15. The molecule has 0 aliphatic heterocycles. The van der Waals surface area contributed by atoms with Crippen molar-refractivity contribution in [2.45, 2.75) is 0 Å². The number of anilines is 1. The van der Waals surface area contributed by atoms with Crippen LogP contribution in [0.2, 0.25) is 0 Å². The van der Waals surface area contributed by atoms with Gasteiger partial charge in [0, 0.05) is 0 Å². The maximum Gasteiger partial charge on any atom is 0.359 e. The summed E-state index contributed by atoms with van der Waals surface area (Å²) in [5.74, 6) is 0.150. The fraction of sp³-hybridized carbons (Fsp3) is 0. The van der Waals surface area contributed by atoms with Crippen molar-refractivity contribution in [2.75, 3.05) is 5.73 Å². The summed E-state index contributed by atoms with van der Waals surface area (Å²) in [6, 6.07) is 0. The standard InChI is InChI=1S/C3H5N3O2/c4-2-1-6(8)3(7)5-2/h1,8H,4H2,(H,5,7). The van der Waals surface area contributed by atoms with Gasteiger partial charge in [-0.1, -0.05) is 0 Å². The molecule has 8 heavy (non-hydrogen) atoms. The largest absolute Gasteiger partial charge is 0.424 e. The van der Waals surface area contributed by atoms with Crippen molar-refractivity contribution in [3.05, 3.63) is 16.7 Å². The van der Waals surface area contributed by atoms with Crippen LogP contribution in [0.3, 0.4) is 0 Å². The van der Waals surface area contributed by atoms with E-state index in [2.05, 4.69) is 4.98 Å². The van der Waals surface area contributed by atoms with Gasteiger partial charge in [-0.3, -0.25) is 4.98 Å². The average molecular weight is 115 g/mol. The van der Waals surface area contributed by atoms with E-state index in [1.54, 1.807) is 0 Å². The van der Waals surface area contributed by atoms with E-state index >= 15 is 0 Å². The van der Waals surface area contributed by atoms with E-state index in [4.69, 9.17) is 10.9 Å². The molecule has 0 bridgehead atoms. The highest BCUT2D eigenvalue weighted by atomic mass is 16.5. The molecule has 0 saturated carbocycles. The number of rotatable bonds is 0. The minimum absolute atomic E-state index is 0.150. The third kappa shape index (κ3) is 0.534. The average Bonchev–Trinajstić information content (AvgIpc) is 1.85. The van der Waals surface area contributed by atoms with Crippen LogP contribution in [0.4, 0.5) is 5.82 Å². The van der Waals surface area contributed by atoms with E-state index in [-0.39, 0.29) is 5.82 Å². The molecular weight excluding hydrogens is 110 g/mol. The third-order valence-electron chi connectivity index (χ3n) is 0.721. The highest BCUT2D eigenvalue weighted by Crippen LogP contribution is 1.84. The smallest absolute Gasteiger partial charge is 0.359 e. The van der Waals surface area contributed by atoms with Crippen molar-refractivity contribution in [2.24, 2.45) is 0 Å². The van der Waals surface area contributed by atoms with Gasteiger partial charge in [-0.15, -0.1) is 4.73 Å². The van der Waals surface area contributed by atoms with Crippen LogP contribution in [-0.2, 0) is 0 Å². The number of nitrogen functional groups attached to an aromatic ring is 1. The van der Waals surface area contributed by atoms with Crippen LogP contribution in [0.25, 0.3) is 0 Å². The van der Waals surface area contributed by atoms with Gasteiger partial charge in [-0.25, -0.2) is 4.79 Å². The Kier molecular flexibility index (Phi) is 0.768. The van der Waals surface area contributed by atoms with Crippen molar-refractivity contribution in [1.29, 1.82) is 0 Å². The first kappa shape index (κ1) is 4.76. The summed E-state index contributed by atoms with van der Waals surface area (Å²) in [7, 11) is 0. The fourth-order valence-corrected chi connectivity index (χ4v) is 0.403. The van der Waals surface area contributed by atoms with Crippen molar-refractivity contribution < 1.29 is 5.21 Å². The van der Waals surface area contributed by atoms with E-state index in [1.807, 2.05) is 0 Å². The maximum absolute atomic E-state index is 10.2. The van der Waals surface area contributed by atoms with Crippen molar-refractivity contribution in [1.82, 2.24) is 9.71 Å². The Bertz CT molecular complexity index is 235. The number of nitrogens with one attached hydrogen (secondary N) is 1. The van der Waals surface area contributed by atoms with Gasteiger partial charge in [-0.05, 0) is 0 Å². The third-order valence-corrected chi connectivity index (χ3v) is 0.721.